The number of hydrogen-bond donors (Lipinski definition) is 2. The third kappa shape index (κ3) is 5.36. The van der Waals surface area contributed by atoms with E-state index in [0.717, 1.165) is 35.9 Å². The van der Waals surface area contributed by atoms with E-state index in [4.69, 9.17) is 17.0 Å². The van der Waals surface area contributed by atoms with Gasteiger partial charge in [-0.25, -0.2) is 4.98 Å². The molecule has 1 amide bonds. The summed E-state index contributed by atoms with van der Waals surface area (Å²) in [4.78, 5) is 19.1. The van der Waals surface area contributed by atoms with Crippen LogP contribution in [0.25, 0.3) is 11.4 Å². The van der Waals surface area contributed by atoms with Crippen LogP contribution in [0, 0.1) is 11.7 Å². The van der Waals surface area contributed by atoms with E-state index in [1.807, 2.05) is 47.9 Å². The minimum Gasteiger partial charge on any atom is -0.378 e. The predicted octanol–water partition coefficient (Wildman–Crippen LogP) is 2.85. The molecule has 4 rings (SSSR count). The fourth-order valence-corrected chi connectivity index (χ4v) is 3.71. The van der Waals surface area contributed by atoms with Crippen molar-refractivity contribution in [3.8, 4) is 11.4 Å². The van der Waals surface area contributed by atoms with Gasteiger partial charge in [0.1, 0.15) is 5.82 Å². The fourth-order valence-electron chi connectivity index (χ4n) is 3.49. The number of aromatic nitrogens is 4. The smallest absolute Gasteiger partial charge is 0.222 e. The standard InChI is InChI=1S/C22H26N6O2S/c1-16-2-4-18(5-3-16)21-25-26-22(31)28(21)9-7-20(29)24-15-17-6-8-23-19(14-17)27-10-12-30-13-11-27/h2-6,8,14H,7,9-13,15H2,1H3,(H,24,29)(H,26,31). The van der Waals surface area contributed by atoms with E-state index in [0.29, 0.717) is 37.5 Å². The number of carbonyl (C=O) groups is 1. The Morgan fingerprint density at radius 1 is 1.23 bits per heavy atom. The Morgan fingerprint density at radius 2 is 2.00 bits per heavy atom. The maximum atomic E-state index is 12.5. The van der Waals surface area contributed by atoms with E-state index in [2.05, 4.69) is 25.4 Å². The molecule has 1 fully saturated rings. The quantitative estimate of drug-likeness (QED) is 0.552. The van der Waals surface area contributed by atoms with Crippen LogP contribution in [0.2, 0.25) is 0 Å². The molecule has 3 aromatic rings. The zero-order valence-corrected chi connectivity index (χ0v) is 18.3. The van der Waals surface area contributed by atoms with Crippen molar-refractivity contribution in [2.75, 3.05) is 31.2 Å². The molecule has 2 aromatic heterocycles. The van der Waals surface area contributed by atoms with E-state index in [1.165, 1.54) is 5.56 Å². The Morgan fingerprint density at radius 3 is 2.77 bits per heavy atom. The number of anilines is 1. The second-order valence-corrected chi connectivity index (χ2v) is 7.91. The van der Waals surface area contributed by atoms with E-state index in [-0.39, 0.29) is 5.91 Å². The number of pyridine rings is 1. The summed E-state index contributed by atoms with van der Waals surface area (Å²) in [7, 11) is 0. The molecule has 1 saturated heterocycles. The molecule has 1 aliphatic heterocycles. The monoisotopic (exact) mass is 438 g/mol. The Bertz CT molecular complexity index is 1090. The van der Waals surface area contributed by atoms with Gasteiger partial charge in [-0.05, 0) is 36.8 Å². The molecule has 31 heavy (non-hydrogen) atoms. The lowest BCUT2D eigenvalue weighted by molar-refractivity contribution is -0.121. The van der Waals surface area contributed by atoms with Crippen LogP contribution in [0.5, 0.6) is 0 Å². The van der Waals surface area contributed by atoms with Crippen molar-refractivity contribution in [1.82, 2.24) is 25.1 Å². The van der Waals surface area contributed by atoms with Crippen molar-refractivity contribution < 1.29 is 9.53 Å². The predicted molar refractivity (Wildman–Crippen MR) is 121 cm³/mol. The highest BCUT2D eigenvalue weighted by Crippen LogP contribution is 2.18. The summed E-state index contributed by atoms with van der Waals surface area (Å²) in [6, 6.07) is 12.0. The van der Waals surface area contributed by atoms with E-state index in [1.54, 1.807) is 6.20 Å². The second-order valence-electron chi connectivity index (χ2n) is 7.52. The molecule has 1 aromatic carbocycles. The average Bonchev–Trinajstić information content (AvgIpc) is 3.18. The van der Waals surface area contributed by atoms with Crippen molar-refractivity contribution in [2.45, 2.75) is 26.4 Å². The summed E-state index contributed by atoms with van der Waals surface area (Å²) in [5.41, 5.74) is 3.16. The summed E-state index contributed by atoms with van der Waals surface area (Å²) in [5.74, 6) is 1.62. The van der Waals surface area contributed by atoms with Crippen molar-refractivity contribution in [2.24, 2.45) is 0 Å². The molecular formula is C22H26N6O2S. The van der Waals surface area contributed by atoms with Gasteiger partial charge in [-0.2, -0.15) is 5.10 Å². The van der Waals surface area contributed by atoms with E-state index >= 15 is 0 Å². The molecule has 3 heterocycles. The molecule has 162 valence electrons. The number of hydrogen-bond acceptors (Lipinski definition) is 6. The van der Waals surface area contributed by atoms with Crippen LogP contribution in [0.3, 0.4) is 0 Å². The zero-order valence-electron chi connectivity index (χ0n) is 17.5. The summed E-state index contributed by atoms with van der Waals surface area (Å²) >= 11 is 5.36. The molecule has 0 radical (unpaired) electrons. The molecular weight excluding hydrogens is 412 g/mol. The fraction of sp³-hybridized carbons (Fsp3) is 0.364. The molecule has 1 aliphatic rings. The number of aromatic amines is 1. The molecule has 0 spiro atoms. The first kappa shape index (κ1) is 21.2. The number of nitrogens with one attached hydrogen (secondary N) is 2. The van der Waals surface area contributed by atoms with Gasteiger partial charge in [-0.15, -0.1) is 0 Å². The van der Waals surface area contributed by atoms with Gasteiger partial charge in [-0.1, -0.05) is 29.8 Å². The van der Waals surface area contributed by atoms with Gasteiger partial charge in [0.05, 0.1) is 13.2 Å². The van der Waals surface area contributed by atoms with Gasteiger partial charge in [0.25, 0.3) is 0 Å². The lowest BCUT2D eigenvalue weighted by Gasteiger charge is -2.28. The first-order valence-electron chi connectivity index (χ1n) is 10.4. The Balaban J connectivity index is 1.34. The average molecular weight is 439 g/mol. The Hall–Kier alpha value is -3.04. The third-order valence-electron chi connectivity index (χ3n) is 5.27. The molecule has 0 unspecified atom stereocenters. The maximum absolute atomic E-state index is 12.5. The Labute approximate surface area is 186 Å². The molecule has 0 bridgehead atoms. The number of rotatable bonds is 7. The van der Waals surface area contributed by atoms with Gasteiger partial charge in [0.2, 0.25) is 5.91 Å². The van der Waals surface area contributed by atoms with Crippen LogP contribution in [0.1, 0.15) is 17.5 Å². The number of benzene rings is 1. The van der Waals surface area contributed by atoms with Crippen molar-refractivity contribution in [1.29, 1.82) is 0 Å². The summed E-state index contributed by atoms with van der Waals surface area (Å²) < 4.78 is 7.77. The van der Waals surface area contributed by atoms with E-state index in [9.17, 15) is 4.79 Å². The van der Waals surface area contributed by atoms with Crippen molar-refractivity contribution in [3.05, 3.63) is 58.5 Å². The van der Waals surface area contributed by atoms with Crippen molar-refractivity contribution >= 4 is 23.9 Å². The molecule has 9 heteroatoms. The minimum atomic E-state index is -0.0392. The van der Waals surface area contributed by atoms with Crippen molar-refractivity contribution in [3.63, 3.8) is 0 Å². The number of carbonyl (C=O) groups excluding carboxylic acids is 1. The van der Waals surface area contributed by atoms with Gasteiger partial charge in [0, 0.05) is 44.4 Å². The summed E-state index contributed by atoms with van der Waals surface area (Å²) in [5, 5.41) is 10.2. The normalized spacial score (nSPS) is 13.9. The van der Waals surface area contributed by atoms with Gasteiger partial charge in [0.15, 0.2) is 10.6 Å². The highest BCUT2D eigenvalue weighted by atomic mass is 32.1. The largest absolute Gasteiger partial charge is 0.378 e. The van der Waals surface area contributed by atoms with Crippen LogP contribution in [-0.2, 0) is 22.6 Å². The second kappa shape index (κ2) is 9.84. The van der Waals surface area contributed by atoms with Gasteiger partial charge in [-0.3, -0.25) is 14.5 Å². The number of morpholine rings is 1. The van der Waals surface area contributed by atoms with E-state index < -0.39 is 0 Å². The SMILES string of the molecule is Cc1ccc(-c2n[nH]c(=S)n2CCC(=O)NCc2ccnc(N3CCOCC3)c2)cc1. The molecule has 2 N–H and O–H groups in total. The highest BCUT2D eigenvalue weighted by Gasteiger charge is 2.13. The van der Waals surface area contributed by atoms with Gasteiger partial charge < -0.3 is 15.0 Å². The number of ether oxygens (including phenoxy) is 1. The van der Waals surface area contributed by atoms with Crippen LogP contribution in [0.4, 0.5) is 5.82 Å². The molecule has 0 saturated carbocycles. The third-order valence-corrected chi connectivity index (χ3v) is 5.58. The highest BCUT2D eigenvalue weighted by molar-refractivity contribution is 7.71. The first-order chi connectivity index (χ1) is 15.1. The first-order valence-corrected chi connectivity index (χ1v) is 10.8. The zero-order chi connectivity index (χ0) is 21.6. The van der Waals surface area contributed by atoms with Crippen LogP contribution in [-0.4, -0.2) is 52.0 Å². The van der Waals surface area contributed by atoms with Crippen LogP contribution >= 0.6 is 12.2 Å². The maximum Gasteiger partial charge on any atom is 0.222 e. The molecule has 0 atom stereocenters. The number of aryl methyl sites for hydroxylation is 1. The van der Waals surface area contributed by atoms with Gasteiger partial charge >= 0.3 is 0 Å². The van der Waals surface area contributed by atoms with Crippen LogP contribution < -0.4 is 10.2 Å². The lowest BCUT2D eigenvalue weighted by atomic mass is 10.1. The number of nitrogens with zero attached hydrogens (tertiary/aromatic N) is 4. The molecule has 0 aliphatic carbocycles. The minimum absolute atomic E-state index is 0.0392. The summed E-state index contributed by atoms with van der Waals surface area (Å²) in [6.45, 7) is 6.04. The van der Waals surface area contributed by atoms with Crippen LogP contribution in [0.15, 0.2) is 42.6 Å². The topological polar surface area (TPSA) is 88.1 Å². The Kier molecular flexibility index (Phi) is 6.73. The number of H-pyrrole nitrogens is 1. The molecule has 8 nitrogen and oxygen atoms in total. The lowest BCUT2D eigenvalue weighted by Crippen LogP contribution is -2.36. The number of amides is 1. The summed E-state index contributed by atoms with van der Waals surface area (Å²) in [6.07, 6.45) is 2.10.